The normalized spacial score (nSPS) is 32.8. The molecular formula is C15H29NO. The third kappa shape index (κ3) is 3.96. The summed E-state index contributed by atoms with van der Waals surface area (Å²) in [5.74, 6) is 0.817. The minimum absolute atomic E-state index is 0.336. The van der Waals surface area contributed by atoms with Crippen molar-refractivity contribution < 1.29 is 5.11 Å². The molecule has 1 unspecified atom stereocenters. The quantitative estimate of drug-likeness (QED) is 0.814. The predicted molar refractivity (Wildman–Crippen MR) is 72.1 cm³/mol. The van der Waals surface area contributed by atoms with Crippen LogP contribution < -0.4 is 0 Å². The lowest BCUT2D eigenvalue weighted by atomic mass is 9.84. The molecule has 1 saturated carbocycles. The molecule has 2 heteroatoms. The van der Waals surface area contributed by atoms with Crippen LogP contribution in [0.1, 0.15) is 64.7 Å². The summed E-state index contributed by atoms with van der Waals surface area (Å²) in [5.41, 5.74) is -0.336. The first-order valence-corrected chi connectivity index (χ1v) is 7.66. The van der Waals surface area contributed by atoms with Crippen LogP contribution in [0.3, 0.4) is 0 Å². The highest BCUT2D eigenvalue weighted by Gasteiger charge is 2.33. The SMILES string of the molecule is CCCN1CCCC(O)(CC2CCCC2)CC1. The Balaban J connectivity index is 1.82. The van der Waals surface area contributed by atoms with Crippen LogP contribution in [0.2, 0.25) is 0 Å². The van der Waals surface area contributed by atoms with Crippen molar-refractivity contribution in [3.8, 4) is 0 Å². The number of hydrogen-bond acceptors (Lipinski definition) is 2. The zero-order valence-corrected chi connectivity index (χ0v) is 11.5. The minimum atomic E-state index is -0.336. The first kappa shape index (κ1) is 13.4. The third-order valence-corrected chi connectivity index (χ3v) is 4.69. The van der Waals surface area contributed by atoms with E-state index in [1.54, 1.807) is 0 Å². The fraction of sp³-hybridized carbons (Fsp3) is 1.00. The Morgan fingerprint density at radius 3 is 2.59 bits per heavy atom. The van der Waals surface area contributed by atoms with Crippen LogP contribution >= 0.6 is 0 Å². The van der Waals surface area contributed by atoms with Crippen molar-refractivity contribution in [2.24, 2.45) is 5.92 Å². The molecule has 0 aromatic heterocycles. The van der Waals surface area contributed by atoms with Crippen molar-refractivity contribution >= 4 is 0 Å². The van der Waals surface area contributed by atoms with E-state index in [0.717, 1.165) is 31.7 Å². The Bertz CT molecular complexity index is 225. The molecule has 17 heavy (non-hydrogen) atoms. The van der Waals surface area contributed by atoms with Gasteiger partial charge in [-0.05, 0) is 51.1 Å². The summed E-state index contributed by atoms with van der Waals surface area (Å²) in [7, 11) is 0. The number of rotatable bonds is 4. The molecule has 100 valence electrons. The van der Waals surface area contributed by atoms with Crippen molar-refractivity contribution in [2.75, 3.05) is 19.6 Å². The highest BCUT2D eigenvalue weighted by Crippen LogP contribution is 2.36. The molecule has 0 spiro atoms. The molecule has 0 bridgehead atoms. The van der Waals surface area contributed by atoms with Crippen molar-refractivity contribution in [1.82, 2.24) is 4.90 Å². The molecule has 2 rings (SSSR count). The molecule has 2 aliphatic rings. The summed E-state index contributed by atoms with van der Waals surface area (Å²) in [6.45, 7) is 5.76. The van der Waals surface area contributed by atoms with Crippen LogP contribution in [0.25, 0.3) is 0 Å². The van der Waals surface area contributed by atoms with Crippen molar-refractivity contribution in [3.63, 3.8) is 0 Å². The molecule has 1 heterocycles. The third-order valence-electron chi connectivity index (χ3n) is 4.69. The van der Waals surface area contributed by atoms with Crippen LogP contribution in [-0.2, 0) is 0 Å². The molecule has 1 aliphatic carbocycles. The van der Waals surface area contributed by atoms with Gasteiger partial charge in [0.2, 0.25) is 0 Å². The van der Waals surface area contributed by atoms with Crippen molar-refractivity contribution in [2.45, 2.75) is 70.3 Å². The monoisotopic (exact) mass is 239 g/mol. The van der Waals surface area contributed by atoms with Gasteiger partial charge in [0.1, 0.15) is 0 Å². The number of likely N-dealkylation sites (tertiary alicyclic amines) is 1. The van der Waals surface area contributed by atoms with E-state index in [-0.39, 0.29) is 5.60 Å². The maximum atomic E-state index is 10.8. The van der Waals surface area contributed by atoms with Gasteiger partial charge in [0.15, 0.2) is 0 Å². The van der Waals surface area contributed by atoms with E-state index in [2.05, 4.69) is 11.8 Å². The lowest BCUT2D eigenvalue weighted by Gasteiger charge is -2.29. The van der Waals surface area contributed by atoms with Crippen LogP contribution in [0, 0.1) is 5.92 Å². The molecule has 0 aromatic rings. The van der Waals surface area contributed by atoms with Gasteiger partial charge in [0.05, 0.1) is 5.60 Å². The Morgan fingerprint density at radius 2 is 1.88 bits per heavy atom. The van der Waals surface area contributed by atoms with Gasteiger partial charge in [-0.2, -0.15) is 0 Å². The van der Waals surface area contributed by atoms with E-state index in [1.165, 1.54) is 51.6 Å². The standard InChI is InChI=1S/C15H29NO/c1-2-10-16-11-5-8-15(17,9-12-16)13-14-6-3-4-7-14/h14,17H,2-13H2,1H3. The van der Waals surface area contributed by atoms with Gasteiger partial charge < -0.3 is 10.0 Å². The van der Waals surface area contributed by atoms with Gasteiger partial charge in [0.25, 0.3) is 0 Å². The van der Waals surface area contributed by atoms with Crippen LogP contribution in [-0.4, -0.2) is 35.2 Å². The zero-order chi connectivity index (χ0) is 12.1. The Labute approximate surface area is 106 Å². The van der Waals surface area contributed by atoms with Gasteiger partial charge in [-0.1, -0.05) is 32.6 Å². The zero-order valence-electron chi connectivity index (χ0n) is 11.5. The average Bonchev–Trinajstić information content (AvgIpc) is 2.72. The summed E-state index contributed by atoms with van der Waals surface area (Å²) >= 11 is 0. The lowest BCUT2D eigenvalue weighted by molar-refractivity contribution is 0.00247. The van der Waals surface area contributed by atoms with Crippen LogP contribution in [0.15, 0.2) is 0 Å². The van der Waals surface area contributed by atoms with E-state index in [9.17, 15) is 5.11 Å². The maximum absolute atomic E-state index is 10.8. The van der Waals surface area contributed by atoms with E-state index in [1.807, 2.05) is 0 Å². The fourth-order valence-electron chi connectivity index (χ4n) is 3.73. The number of nitrogens with zero attached hydrogens (tertiary/aromatic N) is 1. The Morgan fingerprint density at radius 1 is 1.12 bits per heavy atom. The molecule has 0 amide bonds. The second kappa shape index (κ2) is 6.19. The topological polar surface area (TPSA) is 23.5 Å². The van der Waals surface area contributed by atoms with E-state index < -0.39 is 0 Å². The van der Waals surface area contributed by atoms with Crippen molar-refractivity contribution in [1.29, 1.82) is 0 Å². The fourth-order valence-corrected chi connectivity index (χ4v) is 3.73. The smallest absolute Gasteiger partial charge is 0.0663 e. The van der Waals surface area contributed by atoms with Gasteiger partial charge in [-0.25, -0.2) is 0 Å². The molecule has 0 aromatic carbocycles. The maximum Gasteiger partial charge on any atom is 0.0663 e. The summed E-state index contributed by atoms with van der Waals surface area (Å²) < 4.78 is 0. The second-order valence-electron chi connectivity index (χ2n) is 6.27. The first-order valence-electron chi connectivity index (χ1n) is 7.66. The number of hydrogen-bond donors (Lipinski definition) is 1. The van der Waals surface area contributed by atoms with Gasteiger partial charge in [-0.15, -0.1) is 0 Å². The number of aliphatic hydroxyl groups is 1. The van der Waals surface area contributed by atoms with Gasteiger partial charge >= 0.3 is 0 Å². The molecule has 0 radical (unpaired) electrons. The summed E-state index contributed by atoms with van der Waals surface area (Å²) in [4.78, 5) is 2.53. The summed E-state index contributed by atoms with van der Waals surface area (Å²) in [6.07, 6.45) is 11.0. The molecule has 2 fully saturated rings. The van der Waals surface area contributed by atoms with Crippen molar-refractivity contribution in [3.05, 3.63) is 0 Å². The minimum Gasteiger partial charge on any atom is -0.390 e. The van der Waals surface area contributed by atoms with Crippen LogP contribution in [0.4, 0.5) is 0 Å². The molecule has 2 nitrogen and oxygen atoms in total. The Kier molecular flexibility index (Phi) is 4.87. The highest BCUT2D eigenvalue weighted by molar-refractivity contribution is 4.87. The van der Waals surface area contributed by atoms with Gasteiger partial charge in [-0.3, -0.25) is 0 Å². The summed E-state index contributed by atoms with van der Waals surface area (Å²) in [5, 5.41) is 10.8. The molecular weight excluding hydrogens is 210 g/mol. The molecule has 1 aliphatic heterocycles. The second-order valence-corrected chi connectivity index (χ2v) is 6.27. The highest BCUT2D eigenvalue weighted by atomic mass is 16.3. The van der Waals surface area contributed by atoms with E-state index >= 15 is 0 Å². The van der Waals surface area contributed by atoms with Gasteiger partial charge in [0, 0.05) is 6.54 Å². The molecule has 1 atom stereocenters. The Hall–Kier alpha value is -0.0800. The molecule has 1 saturated heterocycles. The van der Waals surface area contributed by atoms with Crippen LogP contribution in [0.5, 0.6) is 0 Å². The largest absolute Gasteiger partial charge is 0.390 e. The van der Waals surface area contributed by atoms with E-state index in [0.29, 0.717) is 0 Å². The molecule has 1 N–H and O–H groups in total. The average molecular weight is 239 g/mol. The predicted octanol–water partition coefficient (Wildman–Crippen LogP) is 3.19. The summed E-state index contributed by atoms with van der Waals surface area (Å²) in [6, 6.07) is 0. The van der Waals surface area contributed by atoms with E-state index in [4.69, 9.17) is 0 Å². The first-order chi connectivity index (χ1) is 8.22. The lowest BCUT2D eigenvalue weighted by Crippen LogP contribution is -2.33.